The normalized spacial score (nSPS) is 14.3. The molecule has 1 fully saturated rings. The molecule has 8 heteroatoms. The van der Waals surface area contributed by atoms with Gasteiger partial charge in [-0.05, 0) is 51.7 Å². The number of nitrogens with one attached hydrogen (secondary N) is 1. The Kier molecular flexibility index (Phi) is 7.92. The van der Waals surface area contributed by atoms with Gasteiger partial charge in [-0.15, -0.1) is 0 Å². The highest BCUT2D eigenvalue weighted by atomic mass is 16.5. The number of hydrogen-bond donors (Lipinski definition) is 1. The Morgan fingerprint density at radius 1 is 1.10 bits per heavy atom. The Morgan fingerprint density at radius 2 is 1.84 bits per heavy atom. The monoisotopic (exact) mass is 428 g/mol. The van der Waals surface area contributed by atoms with Gasteiger partial charge in [0.1, 0.15) is 11.5 Å². The molecule has 0 spiro atoms. The molecule has 1 saturated heterocycles. The van der Waals surface area contributed by atoms with Crippen LogP contribution in [0.5, 0.6) is 17.4 Å². The van der Waals surface area contributed by atoms with Gasteiger partial charge in [-0.2, -0.15) is 4.98 Å². The first-order valence-electron chi connectivity index (χ1n) is 10.9. The van der Waals surface area contributed by atoms with Crippen LogP contribution in [0.2, 0.25) is 0 Å². The number of carbonyl (C=O) groups excluding carboxylic acids is 1. The highest BCUT2D eigenvalue weighted by molar-refractivity contribution is 5.93. The molecule has 2 heterocycles. The van der Waals surface area contributed by atoms with Crippen LogP contribution in [0, 0.1) is 12.8 Å². The zero-order valence-electron chi connectivity index (χ0n) is 18.8. The van der Waals surface area contributed by atoms with Gasteiger partial charge >= 0.3 is 0 Å². The molecule has 0 atom stereocenters. The number of carbonyl (C=O) groups is 1. The molecule has 1 amide bonds. The lowest BCUT2D eigenvalue weighted by Crippen LogP contribution is -2.34. The van der Waals surface area contributed by atoms with Crippen molar-refractivity contribution >= 4 is 17.5 Å². The van der Waals surface area contributed by atoms with Gasteiger partial charge in [0.05, 0.1) is 18.9 Å². The number of rotatable bonds is 9. The van der Waals surface area contributed by atoms with E-state index in [-0.39, 0.29) is 12.5 Å². The number of piperidine rings is 1. The zero-order valence-corrected chi connectivity index (χ0v) is 18.8. The van der Waals surface area contributed by atoms with Gasteiger partial charge in [-0.25, -0.2) is 4.98 Å². The Morgan fingerprint density at radius 3 is 2.55 bits per heavy atom. The van der Waals surface area contributed by atoms with Crippen LogP contribution in [0.4, 0.5) is 11.6 Å². The van der Waals surface area contributed by atoms with E-state index in [1.54, 1.807) is 18.2 Å². The molecule has 1 aliphatic rings. The maximum atomic E-state index is 12.5. The summed E-state index contributed by atoms with van der Waals surface area (Å²) in [5.41, 5.74) is 1.35. The molecule has 0 saturated carbocycles. The second-order valence-electron chi connectivity index (χ2n) is 7.68. The van der Waals surface area contributed by atoms with Crippen molar-refractivity contribution in [1.82, 2.24) is 9.97 Å². The number of benzene rings is 1. The van der Waals surface area contributed by atoms with Gasteiger partial charge < -0.3 is 24.4 Å². The van der Waals surface area contributed by atoms with Gasteiger partial charge in [0, 0.05) is 30.9 Å². The number of aryl methyl sites for hydroxylation is 1. The Labute approximate surface area is 183 Å². The van der Waals surface area contributed by atoms with Gasteiger partial charge in [0.25, 0.3) is 5.91 Å². The quantitative estimate of drug-likeness (QED) is 0.649. The van der Waals surface area contributed by atoms with Gasteiger partial charge in [-0.1, -0.05) is 6.92 Å². The lowest BCUT2D eigenvalue weighted by molar-refractivity contribution is -0.118. The van der Waals surface area contributed by atoms with Crippen LogP contribution in [-0.2, 0) is 4.79 Å². The molecule has 1 aliphatic heterocycles. The average molecular weight is 429 g/mol. The predicted molar refractivity (Wildman–Crippen MR) is 120 cm³/mol. The third kappa shape index (κ3) is 6.47. The zero-order chi connectivity index (χ0) is 22.2. The molecule has 0 bridgehead atoms. The van der Waals surface area contributed by atoms with Crippen molar-refractivity contribution in [2.45, 2.75) is 40.5 Å². The molecular formula is C23H32N4O4. The van der Waals surface area contributed by atoms with E-state index in [1.165, 1.54) is 0 Å². The van der Waals surface area contributed by atoms with Crippen molar-refractivity contribution < 1.29 is 19.0 Å². The number of nitrogens with zero attached hydrogens (tertiary/aromatic N) is 3. The topological polar surface area (TPSA) is 85.8 Å². The minimum Gasteiger partial charge on any atom is -0.494 e. The molecule has 0 aliphatic carbocycles. The van der Waals surface area contributed by atoms with Crippen LogP contribution < -0.4 is 24.4 Å². The number of ether oxygens (including phenoxy) is 3. The van der Waals surface area contributed by atoms with Crippen molar-refractivity contribution in [2.24, 2.45) is 5.92 Å². The molecule has 1 N–H and O–H groups in total. The summed E-state index contributed by atoms with van der Waals surface area (Å²) in [6.45, 7) is 10.7. The van der Waals surface area contributed by atoms with Crippen molar-refractivity contribution in [2.75, 3.05) is 43.1 Å². The van der Waals surface area contributed by atoms with Crippen LogP contribution in [0.15, 0.2) is 24.3 Å². The van der Waals surface area contributed by atoms with Crippen LogP contribution in [0.1, 0.15) is 39.3 Å². The van der Waals surface area contributed by atoms with E-state index in [4.69, 9.17) is 14.2 Å². The van der Waals surface area contributed by atoms with E-state index in [0.29, 0.717) is 42.2 Å². The lowest BCUT2D eigenvalue weighted by Gasteiger charge is -2.30. The third-order valence-electron chi connectivity index (χ3n) is 5.07. The highest BCUT2D eigenvalue weighted by Crippen LogP contribution is 2.29. The second-order valence-corrected chi connectivity index (χ2v) is 7.68. The number of amides is 1. The Balaban J connectivity index is 1.64. The molecule has 0 unspecified atom stereocenters. The molecule has 31 heavy (non-hydrogen) atoms. The van der Waals surface area contributed by atoms with Crippen LogP contribution >= 0.6 is 0 Å². The van der Waals surface area contributed by atoms with Gasteiger partial charge in [-0.3, -0.25) is 4.79 Å². The summed E-state index contributed by atoms with van der Waals surface area (Å²) in [6.07, 6.45) is 2.25. The molecule has 3 rings (SSSR count). The number of anilines is 2. The van der Waals surface area contributed by atoms with E-state index in [2.05, 4.69) is 27.1 Å². The molecule has 8 nitrogen and oxygen atoms in total. The second kappa shape index (κ2) is 10.8. The van der Waals surface area contributed by atoms with Crippen LogP contribution in [-0.4, -0.2) is 48.8 Å². The number of hydrogen-bond acceptors (Lipinski definition) is 7. The van der Waals surface area contributed by atoms with Gasteiger partial charge in [0.15, 0.2) is 6.61 Å². The van der Waals surface area contributed by atoms with Crippen LogP contribution in [0.25, 0.3) is 0 Å². The predicted octanol–water partition coefficient (Wildman–Crippen LogP) is 3.84. The standard InChI is InChI=1S/C23H32N4O4/c1-5-29-18-7-8-20(30-6-2)19(14-18)25-21(28)15-31-22-13-17(4)24-23(26-22)27-11-9-16(3)10-12-27/h7-8,13-14,16H,5-6,9-12,15H2,1-4H3,(H,25,28). The maximum absolute atomic E-state index is 12.5. The minimum absolute atomic E-state index is 0.169. The average Bonchev–Trinajstić information content (AvgIpc) is 2.74. The number of aromatic nitrogens is 2. The Hall–Kier alpha value is -3.03. The Bertz CT molecular complexity index is 882. The fourth-order valence-electron chi connectivity index (χ4n) is 3.42. The summed E-state index contributed by atoms with van der Waals surface area (Å²) < 4.78 is 16.8. The molecule has 2 aromatic rings. The summed E-state index contributed by atoms with van der Waals surface area (Å²) in [4.78, 5) is 23.8. The molecular weight excluding hydrogens is 396 g/mol. The SMILES string of the molecule is CCOc1ccc(OCC)c(NC(=O)COc2cc(C)nc(N3CCC(C)CC3)n2)c1. The summed E-state index contributed by atoms with van der Waals surface area (Å²) in [7, 11) is 0. The van der Waals surface area contributed by atoms with Crippen molar-refractivity contribution in [1.29, 1.82) is 0 Å². The van der Waals surface area contributed by atoms with Crippen molar-refractivity contribution in [3.8, 4) is 17.4 Å². The summed E-state index contributed by atoms with van der Waals surface area (Å²) in [6, 6.07) is 7.08. The molecule has 1 aromatic carbocycles. The molecule has 0 radical (unpaired) electrons. The molecule has 168 valence electrons. The fourth-order valence-corrected chi connectivity index (χ4v) is 3.42. The first-order chi connectivity index (χ1) is 15.0. The van der Waals surface area contributed by atoms with Gasteiger partial charge in [0.2, 0.25) is 11.8 Å². The minimum atomic E-state index is -0.306. The third-order valence-corrected chi connectivity index (χ3v) is 5.07. The van der Waals surface area contributed by atoms with Crippen LogP contribution in [0.3, 0.4) is 0 Å². The fraction of sp³-hybridized carbons (Fsp3) is 0.522. The van der Waals surface area contributed by atoms with E-state index < -0.39 is 0 Å². The van der Waals surface area contributed by atoms with E-state index in [9.17, 15) is 4.79 Å². The smallest absolute Gasteiger partial charge is 0.262 e. The van der Waals surface area contributed by atoms with E-state index in [0.717, 1.165) is 37.5 Å². The lowest BCUT2D eigenvalue weighted by atomic mass is 10.00. The maximum Gasteiger partial charge on any atom is 0.262 e. The van der Waals surface area contributed by atoms with Crippen molar-refractivity contribution in [3.63, 3.8) is 0 Å². The van der Waals surface area contributed by atoms with E-state index >= 15 is 0 Å². The van der Waals surface area contributed by atoms with E-state index in [1.807, 2.05) is 26.8 Å². The first kappa shape index (κ1) is 22.7. The molecule has 1 aromatic heterocycles. The summed E-state index contributed by atoms with van der Waals surface area (Å²) in [5.74, 6) is 2.71. The van der Waals surface area contributed by atoms with Crippen molar-refractivity contribution in [3.05, 3.63) is 30.0 Å². The largest absolute Gasteiger partial charge is 0.494 e. The highest BCUT2D eigenvalue weighted by Gasteiger charge is 2.19. The first-order valence-corrected chi connectivity index (χ1v) is 10.9. The summed E-state index contributed by atoms with van der Waals surface area (Å²) >= 11 is 0. The summed E-state index contributed by atoms with van der Waals surface area (Å²) in [5, 5.41) is 2.84.